The molecule has 0 aliphatic carbocycles. The van der Waals surface area contributed by atoms with Crippen molar-refractivity contribution >= 4 is 29.2 Å². The van der Waals surface area contributed by atoms with Crippen molar-refractivity contribution < 1.29 is 9.90 Å². The Kier molecular flexibility index (Phi) is 4.70. The Morgan fingerprint density at radius 1 is 1.12 bits per heavy atom. The largest absolute Gasteiger partial charge is 0.478 e. The average molecular weight is 377 g/mol. The van der Waals surface area contributed by atoms with E-state index < -0.39 is 5.97 Å². The molecule has 1 heterocycles. The van der Waals surface area contributed by atoms with Crippen LogP contribution in [0.1, 0.15) is 27.2 Å². The molecule has 25 heavy (non-hydrogen) atoms. The SMILES string of the molecule is Cc1[nH]n(-c2ccc(Cl)c(Cl)c2)c(=O)c1Cc1ccc(C(=O)O)cc1. The number of aromatic amines is 1. The first-order chi connectivity index (χ1) is 11.9. The molecule has 0 saturated heterocycles. The van der Waals surface area contributed by atoms with Crippen molar-refractivity contribution in [3.05, 3.63) is 85.2 Å². The maximum Gasteiger partial charge on any atom is 0.335 e. The number of hydrogen-bond acceptors (Lipinski definition) is 2. The van der Waals surface area contributed by atoms with Crippen molar-refractivity contribution in [2.45, 2.75) is 13.3 Å². The van der Waals surface area contributed by atoms with Gasteiger partial charge in [0.15, 0.2) is 0 Å². The van der Waals surface area contributed by atoms with Crippen LogP contribution in [0.3, 0.4) is 0 Å². The molecule has 0 aliphatic heterocycles. The molecule has 0 spiro atoms. The molecular weight excluding hydrogens is 363 g/mol. The lowest BCUT2D eigenvalue weighted by Crippen LogP contribution is -2.17. The third-order valence-corrected chi connectivity index (χ3v) is 4.68. The van der Waals surface area contributed by atoms with Crippen molar-refractivity contribution in [3.8, 4) is 5.69 Å². The molecule has 0 unspecified atom stereocenters. The number of nitrogens with one attached hydrogen (secondary N) is 1. The molecule has 128 valence electrons. The van der Waals surface area contributed by atoms with Gasteiger partial charge >= 0.3 is 5.97 Å². The Hall–Kier alpha value is -2.50. The van der Waals surface area contributed by atoms with Crippen LogP contribution in [-0.4, -0.2) is 20.9 Å². The molecule has 2 N–H and O–H groups in total. The van der Waals surface area contributed by atoms with E-state index in [1.165, 1.54) is 16.8 Å². The molecule has 3 rings (SSSR count). The van der Waals surface area contributed by atoms with Gasteiger partial charge in [-0.2, -0.15) is 0 Å². The van der Waals surface area contributed by atoms with Crippen LogP contribution in [0, 0.1) is 6.92 Å². The van der Waals surface area contributed by atoms with E-state index in [9.17, 15) is 9.59 Å². The number of nitrogens with zero attached hydrogens (tertiary/aromatic N) is 1. The first-order valence-electron chi connectivity index (χ1n) is 7.45. The number of carboxylic acid groups (broad SMARTS) is 1. The molecule has 0 saturated carbocycles. The van der Waals surface area contributed by atoms with Crippen LogP contribution < -0.4 is 5.56 Å². The van der Waals surface area contributed by atoms with Gasteiger partial charge in [-0.1, -0.05) is 35.3 Å². The average Bonchev–Trinajstić information content (AvgIpc) is 2.86. The summed E-state index contributed by atoms with van der Waals surface area (Å²) in [5.41, 5.74) is 2.81. The zero-order valence-electron chi connectivity index (χ0n) is 13.2. The summed E-state index contributed by atoms with van der Waals surface area (Å²) in [6.07, 6.45) is 0.398. The van der Waals surface area contributed by atoms with Gasteiger partial charge in [0.1, 0.15) is 0 Å². The number of aromatic carboxylic acids is 1. The van der Waals surface area contributed by atoms with Crippen LogP contribution in [0.4, 0.5) is 0 Å². The standard InChI is InChI=1S/C18H14Cl2N2O3/c1-10-14(8-11-2-4-12(5-3-11)18(24)25)17(23)22(21-10)13-6-7-15(19)16(20)9-13/h2-7,9,21H,8H2,1H3,(H,24,25). The number of rotatable bonds is 4. The highest BCUT2D eigenvalue weighted by atomic mass is 35.5. The molecule has 7 heteroatoms. The molecule has 0 amide bonds. The Labute approximate surface area is 153 Å². The predicted molar refractivity (Wildman–Crippen MR) is 97.4 cm³/mol. The summed E-state index contributed by atoms with van der Waals surface area (Å²) >= 11 is 11.9. The second-order valence-electron chi connectivity index (χ2n) is 5.63. The van der Waals surface area contributed by atoms with Crippen LogP contribution >= 0.6 is 23.2 Å². The first kappa shape index (κ1) is 17.3. The van der Waals surface area contributed by atoms with Gasteiger partial charge in [0.05, 0.1) is 21.3 Å². The molecule has 0 aliphatic rings. The molecule has 5 nitrogen and oxygen atoms in total. The fourth-order valence-corrected chi connectivity index (χ4v) is 2.86. The molecule has 1 aromatic heterocycles. The van der Waals surface area contributed by atoms with Gasteiger partial charge in [0.25, 0.3) is 5.56 Å². The van der Waals surface area contributed by atoms with Crippen LogP contribution in [0.2, 0.25) is 10.0 Å². The number of carboxylic acids is 1. The van der Waals surface area contributed by atoms with E-state index in [2.05, 4.69) is 5.10 Å². The number of aromatic nitrogens is 2. The van der Waals surface area contributed by atoms with Gasteiger partial charge < -0.3 is 5.11 Å². The first-order valence-corrected chi connectivity index (χ1v) is 8.20. The molecule has 0 bridgehead atoms. The number of carbonyl (C=O) groups is 1. The lowest BCUT2D eigenvalue weighted by Gasteiger charge is -2.03. The van der Waals surface area contributed by atoms with Crippen LogP contribution in [0.5, 0.6) is 0 Å². The summed E-state index contributed by atoms with van der Waals surface area (Å²) in [6, 6.07) is 11.4. The van der Waals surface area contributed by atoms with Crippen LogP contribution in [-0.2, 0) is 6.42 Å². The highest BCUT2D eigenvalue weighted by Gasteiger charge is 2.14. The van der Waals surface area contributed by atoms with Gasteiger partial charge in [-0.15, -0.1) is 0 Å². The Morgan fingerprint density at radius 3 is 2.40 bits per heavy atom. The number of H-pyrrole nitrogens is 1. The summed E-state index contributed by atoms with van der Waals surface area (Å²) in [4.78, 5) is 23.6. The normalized spacial score (nSPS) is 10.8. The number of hydrogen-bond donors (Lipinski definition) is 2. The second-order valence-corrected chi connectivity index (χ2v) is 6.45. The topological polar surface area (TPSA) is 75.1 Å². The fourth-order valence-electron chi connectivity index (χ4n) is 2.56. The molecule has 3 aromatic rings. The Bertz CT molecular complexity index is 1000. The van der Waals surface area contributed by atoms with E-state index in [1.807, 2.05) is 6.92 Å². The minimum absolute atomic E-state index is 0.182. The second kappa shape index (κ2) is 6.78. The van der Waals surface area contributed by atoms with Gasteiger partial charge in [-0.3, -0.25) is 9.89 Å². The fraction of sp³-hybridized carbons (Fsp3) is 0.111. The minimum Gasteiger partial charge on any atom is -0.478 e. The summed E-state index contributed by atoms with van der Waals surface area (Å²) in [5.74, 6) is -0.980. The zero-order valence-corrected chi connectivity index (χ0v) is 14.7. The quantitative estimate of drug-likeness (QED) is 0.720. The van der Waals surface area contributed by atoms with Crippen molar-refractivity contribution in [2.24, 2.45) is 0 Å². The van der Waals surface area contributed by atoms with Crippen molar-refractivity contribution in [1.82, 2.24) is 9.78 Å². The number of benzene rings is 2. The van der Waals surface area contributed by atoms with Gasteiger partial charge in [0.2, 0.25) is 0 Å². The monoisotopic (exact) mass is 376 g/mol. The third kappa shape index (κ3) is 3.48. The Morgan fingerprint density at radius 2 is 1.80 bits per heavy atom. The van der Waals surface area contributed by atoms with Gasteiger partial charge in [-0.25, -0.2) is 9.48 Å². The summed E-state index contributed by atoms with van der Waals surface area (Å²) < 4.78 is 1.42. The highest BCUT2D eigenvalue weighted by molar-refractivity contribution is 6.42. The van der Waals surface area contributed by atoms with Crippen LogP contribution in [0.25, 0.3) is 5.69 Å². The van der Waals surface area contributed by atoms with Gasteiger partial charge in [-0.05, 0) is 42.8 Å². The zero-order chi connectivity index (χ0) is 18.1. The molecular formula is C18H14Cl2N2O3. The molecule has 2 aromatic carbocycles. The van der Waals surface area contributed by atoms with Gasteiger partial charge in [0, 0.05) is 17.7 Å². The van der Waals surface area contributed by atoms with E-state index >= 15 is 0 Å². The number of aryl methyl sites for hydroxylation is 1. The minimum atomic E-state index is -0.980. The van der Waals surface area contributed by atoms with Crippen molar-refractivity contribution in [3.63, 3.8) is 0 Å². The lowest BCUT2D eigenvalue weighted by molar-refractivity contribution is 0.0697. The van der Waals surface area contributed by atoms with E-state index in [1.54, 1.807) is 30.3 Å². The van der Waals surface area contributed by atoms with Crippen LogP contribution in [0.15, 0.2) is 47.3 Å². The van der Waals surface area contributed by atoms with E-state index in [-0.39, 0.29) is 11.1 Å². The maximum absolute atomic E-state index is 12.7. The van der Waals surface area contributed by atoms with Crippen molar-refractivity contribution in [1.29, 1.82) is 0 Å². The van der Waals surface area contributed by atoms with E-state index in [0.29, 0.717) is 27.7 Å². The Balaban J connectivity index is 1.95. The smallest absolute Gasteiger partial charge is 0.335 e. The van der Waals surface area contributed by atoms with Crippen molar-refractivity contribution in [2.75, 3.05) is 0 Å². The number of halogens is 2. The lowest BCUT2D eigenvalue weighted by atomic mass is 10.0. The predicted octanol–water partition coefficient (Wildman–Crippen LogP) is 4.07. The third-order valence-electron chi connectivity index (χ3n) is 3.94. The van der Waals surface area contributed by atoms with E-state index in [4.69, 9.17) is 28.3 Å². The maximum atomic E-state index is 12.7. The summed E-state index contributed by atoms with van der Waals surface area (Å²) in [5, 5.41) is 12.8. The highest BCUT2D eigenvalue weighted by Crippen LogP contribution is 2.24. The molecule has 0 atom stereocenters. The van der Waals surface area contributed by atoms with E-state index in [0.717, 1.165) is 11.3 Å². The molecule has 0 radical (unpaired) electrons. The summed E-state index contributed by atoms with van der Waals surface area (Å²) in [7, 11) is 0. The molecule has 0 fully saturated rings. The summed E-state index contributed by atoms with van der Waals surface area (Å²) in [6.45, 7) is 1.82.